The van der Waals surface area contributed by atoms with E-state index in [0.29, 0.717) is 6.54 Å². The molecule has 0 spiro atoms. The number of nitrogens with one attached hydrogen (secondary N) is 2. The number of hydrogen-bond acceptors (Lipinski definition) is 4. The molecule has 122 valence electrons. The number of nitro benzene ring substituents is 1. The van der Waals surface area contributed by atoms with E-state index in [1.54, 1.807) is 11.3 Å². The number of rotatable bonds is 6. The molecule has 0 fully saturated rings. The highest BCUT2D eigenvalue weighted by Gasteiger charge is 2.21. The highest BCUT2D eigenvalue weighted by atomic mass is 35.5. The molecule has 0 saturated heterocycles. The van der Waals surface area contributed by atoms with Crippen LogP contribution in [-0.4, -0.2) is 31.5 Å². The molecule has 0 radical (unpaired) electrons. The fourth-order valence-corrected chi connectivity index (χ4v) is 3.39. The Kier molecular flexibility index (Phi) is 5.70. The molecule has 0 aliphatic rings. The number of amides is 1. The number of carbonyl (C=O) groups is 1. The molecule has 0 aliphatic carbocycles. The maximum Gasteiger partial charge on any atom is 0.270 e. The van der Waals surface area contributed by atoms with Crippen LogP contribution in [0, 0.1) is 10.1 Å². The first-order valence-corrected chi connectivity index (χ1v) is 8.21. The van der Waals surface area contributed by atoms with Gasteiger partial charge in [-0.1, -0.05) is 17.7 Å². The van der Waals surface area contributed by atoms with Gasteiger partial charge in [-0.3, -0.25) is 14.9 Å². The second-order valence-electron chi connectivity index (χ2n) is 5.28. The van der Waals surface area contributed by atoms with Crippen LogP contribution >= 0.6 is 22.9 Å². The minimum absolute atomic E-state index is 0.0709. The fourth-order valence-electron chi connectivity index (χ4n) is 2.17. The summed E-state index contributed by atoms with van der Waals surface area (Å²) in [5.74, 6) is -0.340. The Morgan fingerprint density at radius 3 is 2.70 bits per heavy atom. The van der Waals surface area contributed by atoms with Gasteiger partial charge in [-0.2, -0.15) is 0 Å². The van der Waals surface area contributed by atoms with Crippen molar-refractivity contribution in [2.24, 2.45) is 0 Å². The van der Waals surface area contributed by atoms with Crippen molar-refractivity contribution in [3.8, 4) is 0 Å². The van der Waals surface area contributed by atoms with Gasteiger partial charge in [0.25, 0.3) is 11.6 Å². The van der Waals surface area contributed by atoms with Gasteiger partial charge in [0.2, 0.25) is 0 Å². The third-order valence-electron chi connectivity index (χ3n) is 3.46. The molecule has 1 aromatic heterocycles. The quantitative estimate of drug-likeness (QED) is 0.614. The summed E-state index contributed by atoms with van der Waals surface area (Å²) in [7, 11) is 4.05. The van der Waals surface area contributed by atoms with Crippen molar-refractivity contribution in [3.63, 3.8) is 0 Å². The predicted octanol–water partition coefficient (Wildman–Crippen LogP) is 1.93. The van der Waals surface area contributed by atoms with E-state index in [4.69, 9.17) is 11.6 Å². The number of nitrogens with zero attached hydrogens (tertiary/aromatic N) is 1. The summed E-state index contributed by atoms with van der Waals surface area (Å²) in [6, 6.07) is 7.98. The summed E-state index contributed by atoms with van der Waals surface area (Å²) < 4.78 is 0. The second kappa shape index (κ2) is 7.54. The van der Waals surface area contributed by atoms with E-state index in [2.05, 4.69) is 5.32 Å². The van der Waals surface area contributed by atoms with Gasteiger partial charge in [-0.25, -0.2) is 0 Å². The zero-order valence-corrected chi connectivity index (χ0v) is 14.3. The van der Waals surface area contributed by atoms with Crippen LogP contribution < -0.4 is 10.2 Å². The van der Waals surface area contributed by atoms with E-state index in [-0.39, 0.29) is 28.2 Å². The van der Waals surface area contributed by atoms with Crippen LogP contribution in [0.1, 0.15) is 21.3 Å². The zero-order valence-electron chi connectivity index (χ0n) is 12.7. The number of non-ortho nitro benzene ring substituents is 1. The molecule has 1 amide bonds. The van der Waals surface area contributed by atoms with E-state index >= 15 is 0 Å². The number of halogens is 1. The molecule has 0 bridgehead atoms. The number of hydrogen-bond donors (Lipinski definition) is 2. The van der Waals surface area contributed by atoms with Crippen molar-refractivity contribution in [3.05, 3.63) is 61.3 Å². The maximum atomic E-state index is 12.3. The zero-order chi connectivity index (χ0) is 17.0. The summed E-state index contributed by atoms with van der Waals surface area (Å²) >= 11 is 7.62. The van der Waals surface area contributed by atoms with Crippen LogP contribution in [-0.2, 0) is 0 Å². The summed E-state index contributed by atoms with van der Waals surface area (Å²) in [6.07, 6.45) is 0. The third-order valence-corrected chi connectivity index (χ3v) is 4.76. The normalized spacial score (nSPS) is 12.2. The molecule has 1 atom stereocenters. The minimum Gasteiger partial charge on any atom is -0.346 e. The highest BCUT2D eigenvalue weighted by molar-refractivity contribution is 7.10. The summed E-state index contributed by atoms with van der Waals surface area (Å²) in [5.41, 5.74) is 0.0942. The number of thiophene rings is 1. The van der Waals surface area contributed by atoms with Crippen molar-refractivity contribution in [2.45, 2.75) is 6.04 Å². The Labute approximate surface area is 142 Å². The van der Waals surface area contributed by atoms with Crippen LogP contribution in [0.5, 0.6) is 0 Å². The Bertz CT molecular complexity index is 704. The number of carbonyl (C=O) groups excluding carboxylic acids is 1. The lowest BCUT2D eigenvalue weighted by molar-refractivity contribution is -0.890. The molecule has 8 heteroatoms. The van der Waals surface area contributed by atoms with Crippen LogP contribution in [0.25, 0.3) is 0 Å². The number of likely N-dealkylation sites (N-methyl/N-ethyl adjacent to an activating group) is 1. The van der Waals surface area contributed by atoms with E-state index in [1.165, 1.54) is 28.0 Å². The van der Waals surface area contributed by atoms with Gasteiger partial charge >= 0.3 is 0 Å². The molecule has 23 heavy (non-hydrogen) atoms. The van der Waals surface area contributed by atoms with Crippen LogP contribution in [0.4, 0.5) is 5.69 Å². The Morgan fingerprint density at radius 2 is 2.17 bits per heavy atom. The number of quaternary nitrogens is 1. The Morgan fingerprint density at radius 1 is 1.43 bits per heavy atom. The van der Waals surface area contributed by atoms with Gasteiger partial charge in [0.1, 0.15) is 6.04 Å². The van der Waals surface area contributed by atoms with Crippen molar-refractivity contribution < 1.29 is 14.6 Å². The second-order valence-corrected chi connectivity index (χ2v) is 6.66. The summed E-state index contributed by atoms with van der Waals surface area (Å²) in [5, 5.41) is 15.6. The predicted molar refractivity (Wildman–Crippen MR) is 90.3 cm³/mol. The molecule has 2 rings (SSSR count). The van der Waals surface area contributed by atoms with Crippen molar-refractivity contribution in [2.75, 3.05) is 20.6 Å². The average Bonchev–Trinajstić information content (AvgIpc) is 3.00. The Balaban J connectivity index is 2.08. The molecule has 0 saturated carbocycles. The third kappa shape index (κ3) is 4.28. The lowest BCUT2D eigenvalue weighted by Gasteiger charge is -2.20. The molecule has 2 N–H and O–H groups in total. The summed E-state index contributed by atoms with van der Waals surface area (Å²) in [4.78, 5) is 24.8. The molecule has 1 aromatic carbocycles. The molecule has 0 unspecified atom stereocenters. The fraction of sp³-hybridized carbons (Fsp3) is 0.267. The molecule has 2 aromatic rings. The first kappa shape index (κ1) is 17.4. The SMILES string of the molecule is C[NH+](C)[C@H](CNC(=O)c1ccc([N+](=O)[O-])cc1Cl)c1cccs1. The number of benzene rings is 1. The molecular formula is C15H17ClN3O3S+. The molecular weight excluding hydrogens is 338 g/mol. The van der Waals surface area contributed by atoms with Gasteiger partial charge < -0.3 is 10.2 Å². The topological polar surface area (TPSA) is 76.7 Å². The number of nitro groups is 1. The average molecular weight is 355 g/mol. The van der Waals surface area contributed by atoms with Gasteiger partial charge in [0, 0.05) is 12.1 Å². The smallest absolute Gasteiger partial charge is 0.270 e. The monoisotopic (exact) mass is 354 g/mol. The van der Waals surface area contributed by atoms with Gasteiger partial charge in [-0.05, 0) is 17.5 Å². The minimum atomic E-state index is -0.546. The van der Waals surface area contributed by atoms with E-state index < -0.39 is 4.92 Å². The lowest BCUT2D eigenvalue weighted by Crippen LogP contribution is -3.06. The Hall–Kier alpha value is -1.96. The van der Waals surface area contributed by atoms with Crippen molar-refractivity contribution in [1.29, 1.82) is 0 Å². The first-order chi connectivity index (χ1) is 10.9. The van der Waals surface area contributed by atoms with Crippen LogP contribution in [0.15, 0.2) is 35.7 Å². The maximum absolute atomic E-state index is 12.3. The van der Waals surface area contributed by atoms with Gasteiger partial charge in [0.05, 0.1) is 41.0 Å². The van der Waals surface area contributed by atoms with E-state index in [0.717, 1.165) is 0 Å². The van der Waals surface area contributed by atoms with Gasteiger partial charge in [-0.15, -0.1) is 11.3 Å². The van der Waals surface area contributed by atoms with Crippen LogP contribution in [0.3, 0.4) is 0 Å². The highest BCUT2D eigenvalue weighted by Crippen LogP contribution is 2.22. The largest absolute Gasteiger partial charge is 0.346 e. The first-order valence-electron chi connectivity index (χ1n) is 6.95. The summed E-state index contributed by atoms with van der Waals surface area (Å²) in [6.45, 7) is 0.453. The van der Waals surface area contributed by atoms with Crippen molar-refractivity contribution in [1.82, 2.24) is 5.32 Å². The van der Waals surface area contributed by atoms with Crippen LogP contribution in [0.2, 0.25) is 5.02 Å². The van der Waals surface area contributed by atoms with Gasteiger partial charge in [0.15, 0.2) is 0 Å². The molecule has 1 heterocycles. The lowest BCUT2D eigenvalue weighted by atomic mass is 10.1. The molecule has 6 nitrogen and oxygen atoms in total. The van der Waals surface area contributed by atoms with E-state index in [9.17, 15) is 14.9 Å². The van der Waals surface area contributed by atoms with E-state index in [1.807, 2.05) is 31.6 Å². The molecule has 0 aliphatic heterocycles. The van der Waals surface area contributed by atoms with Crippen molar-refractivity contribution >= 4 is 34.5 Å². The standard InChI is InChI=1S/C15H16ClN3O3S/c1-18(2)13(14-4-3-7-23-14)9-17-15(20)11-6-5-10(19(21)22)8-12(11)16/h3-8,13H,9H2,1-2H3,(H,17,20)/p+1/t13-/m1/s1.